The summed E-state index contributed by atoms with van der Waals surface area (Å²) in [5, 5.41) is 13.9. The Morgan fingerprint density at radius 3 is 1.10 bits per heavy atom. The van der Waals surface area contributed by atoms with Crippen molar-refractivity contribution in [2.75, 3.05) is 40.9 Å². The molecule has 9 heteroatoms. The number of phosphoric acid groups is 1. The quantitative estimate of drug-likeness (QED) is 0.0272. The van der Waals surface area contributed by atoms with Crippen LogP contribution in [0.2, 0.25) is 0 Å². The van der Waals surface area contributed by atoms with E-state index in [-0.39, 0.29) is 19.1 Å². The zero-order valence-corrected chi connectivity index (χ0v) is 49.1. The molecule has 0 rings (SSSR count). The van der Waals surface area contributed by atoms with E-state index in [4.69, 9.17) is 9.05 Å². The van der Waals surface area contributed by atoms with E-state index in [2.05, 4.69) is 31.3 Å². The number of phosphoric ester groups is 1. The summed E-state index contributed by atoms with van der Waals surface area (Å²) in [6.45, 7) is 4.70. The van der Waals surface area contributed by atoms with Crippen LogP contribution in [0.25, 0.3) is 0 Å². The second-order valence-electron chi connectivity index (χ2n) is 22.8. The first-order chi connectivity index (χ1) is 34.5. The van der Waals surface area contributed by atoms with E-state index in [1.807, 2.05) is 27.2 Å². The number of hydrogen-bond acceptors (Lipinski definition) is 6. The SMILES string of the molecule is CCCCCCCCCC/C=C\CCCCCCCCCCCCCCCC(=O)NC(COP(=O)([O-])OCC[N+](C)(C)C)C(O)/C=C/CCCCCCCCCCCCCCCCCCCCCCCC. The molecule has 0 aromatic rings. The molecule has 1 amide bonds. The molecule has 0 aliphatic carbocycles. The van der Waals surface area contributed by atoms with Gasteiger partial charge in [-0.05, 0) is 44.9 Å². The number of likely N-dealkylation sites (N-methyl/N-ethyl adjacent to an activating group) is 1. The second-order valence-corrected chi connectivity index (χ2v) is 24.2. The maximum absolute atomic E-state index is 13.0. The Balaban J connectivity index is 4.14. The summed E-state index contributed by atoms with van der Waals surface area (Å²) >= 11 is 0. The molecule has 0 aliphatic heterocycles. The van der Waals surface area contributed by atoms with E-state index in [1.165, 1.54) is 257 Å². The van der Waals surface area contributed by atoms with Crippen LogP contribution in [0.4, 0.5) is 0 Å². The molecule has 0 saturated heterocycles. The topological polar surface area (TPSA) is 108 Å². The lowest BCUT2D eigenvalue weighted by molar-refractivity contribution is -0.870. The van der Waals surface area contributed by atoms with Crippen LogP contribution >= 0.6 is 7.82 Å². The number of aliphatic hydroxyl groups excluding tert-OH is 1. The average molecular weight is 1020 g/mol. The summed E-state index contributed by atoms with van der Waals surface area (Å²) in [4.78, 5) is 25.6. The van der Waals surface area contributed by atoms with Crippen LogP contribution in [0.5, 0.6) is 0 Å². The van der Waals surface area contributed by atoms with Crippen LogP contribution in [0.3, 0.4) is 0 Å². The van der Waals surface area contributed by atoms with Crippen molar-refractivity contribution >= 4 is 13.7 Å². The molecule has 3 unspecified atom stereocenters. The van der Waals surface area contributed by atoms with Crippen LogP contribution in [0.15, 0.2) is 24.3 Å². The highest BCUT2D eigenvalue weighted by Gasteiger charge is 2.23. The number of quaternary nitrogens is 1. The molecule has 0 aliphatic rings. The molecular weight excluding hydrogens is 900 g/mol. The summed E-state index contributed by atoms with van der Waals surface area (Å²) in [6, 6.07) is -0.885. The Hall–Kier alpha value is -1.02. The molecule has 0 spiro atoms. The predicted octanol–water partition coefficient (Wildman–Crippen LogP) is 18.5. The second kappa shape index (κ2) is 53.8. The van der Waals surface area contributed by atoms with Gasteiger partial charge in [0.05, 0.1) is 39.9 Å². The van der Waals surface area contributed by atoms with Crippen LogP contribution in [0.1, 0.15) is 316 Å². The molecule has 422 valence electrons. The minimum atomic E-state index is -4.60. The average Bonchev–Trinajstić information content (AvgIpc) is 3.33. The monoisotopic (exact) mass is 1020 g/mol. The van der Waals surface area contributed by atoms with Crippen molar-refractivity contribution in [2.24, 2.45) is 0 Å². The number of carbonyl (C=O) groups excluding carboxylic acids is 1. The molecule has 0 saturated carbocycles. The van der Waals surface area contributed by atoms with Gasteiger partial charge in [0.1, 0.15) is 13.2 Å². The lowest BCUT2D eigenvalue weighted by atomic mass is 10.0. The Morgan fingerprint density at radius 1 is 0.479 bits per heavy atom. The van der Waals surface area contributed by atoms with Gasteiger partial charge in [0.15, 0.2) is 0 Å². The van der Waals surface area contributed by atoms with Crippen molar-refractivity contribution < 1.29 is 32.9 Å². The predicted molar refractivity (Wildman–Crippen MR) is 307 cm³/mol. The van der Waals surface area contributed by atoms with Crippen molar-refractivity contribution in [3.05, 3.63) is 24.3 Å². The minimum absolute atomic E-state index is 0.00119. The normalized spacial score (nSPS) is 14.0. The van der Waals surface area contributed by atoms with Gasteiger partial charge in [-0.1, -0.05) is 289 Å². The van der Waals surface area contributed by atoms with Gasteiger partial charge in [0, 0.05) is 6.42 Å². The molecule has 2 N–H and O–H groups in total. The third kappa shape index (κ3) is 56.5. The number of nitrogens with one attached hydrogen (secondary N) is 1. The van der Waals surface area contributed by atoms with Gasteiger partial charge in [-0.3, -0.25) is 9.36 Å². The van der Waals surface area contributed by atoms with Crippen LogP contribution in [0, 0.1) is 0 Å². The molecule has 8 nitrogen and oxygen atoms in total. The number of carbonyl (C=O) groups is 1. The highest BCUT2D eigenvalue weighted by Crippen LogP contribution is 2.38. The van der Waals surface area contributed by atoms with E-state index in [0.29, 0.717) is 17.4 Å². The van der Waals surface area contributed by atoms with Crippen LogP contribution < -0.4 is 10.2 Å². The third-order valence-electron chi connectivity index (χ3n) is 14.4. The summed E-state index contributed by atoms with van der Waals surface area (Å²) < 4.78 is 23.4. The van der Waals surface area contributed by atoms with Crippen molar-refractivity contribution in [1.82, 2.24) is 5.32 Å². The number of rotatable bonds is 58. The van der Waals surface area contributed by atoms with Gasteiger partial charge >= 0.3 is 0 Å². The van der Waals surface area contributed by atoms with Gasteiger partial charge in [0.2, 0.25) is 5.91 Å². The maximum Gasteiger partial charge on any atom is 0.268 e. The lowest BCUT2D eigenvalue weighted by Gasteiger charge is -2.29. The van der Waals surface area contributed by atoms with Crippen molar-refractivity contribution in [3.63, 3.8) is 0 Å². The van der Waals surface area contributed by atoms with Crippen LogP contribution in [-0.2, 0) is 18.4 Å². The largest absolute Gasteiger partial charge is 0.756 e. The standard InChI is InChI=1S/C62H123N2O6P/c1-6-8-10-12-14-16-18-20-22-24-26-28-30-32-34-36-38-40-42-44-46-48-50-52-54-56-62(66)63-60(59-70-71(67,68)69-58-57-64(3,4)5)61(65)55-53-51-49-47-45-43-41-39-37-35-33-31-29-27-25-23-21-19-17-15-13-11-9-7-2/h24,26,53,55,60-61,65H,6-23,25,27-52,54,56-59H2,1-5H3,(H-,63,66,67,68)/b26-24-,55-53+. The first kappa shape index (κ1) is 70.0. The van der Waals surface area contributed by atoms with Gasteiger partial charge < -0.3 is 28.8 Å². The van der Waals surface area contributed by atoms with E-state index in [1.54, 1.807) is 6.08 Å². The number of unbranched alkanes of at least 4 members (excludes halogenated alkanes) is 43. The molecule has 0 aromatic carbocycles. The summed E-state index contributed by atoms with van der Waals surface area (Å²) in [6.07, 6.45) is 68.4. The molecule has 0 heterocycles. The fraction of sp³-hybridized carbons (Fsp3) is 0.919. The van der Waals surface area contributed by atoms with E-state index < -0.39 is 20.0 Å². The van der Waals surface area contributed by atoms with Crippen molar-refractivity contribution in [2.45, 2.75) is 328 Å². The van der Waals surface area contributed by atoms with Gasteiger partial charge in [-0.25, -0.2) is 0 Å². The Labute approximate surface area is 443 Å². The van der Waals surface area contributed by atoms with E-state index in [0.717, 1.165) is 38.5 Å². The van der Waals surface area contributed by atoms with Gasteiger partial charge in [0.25, 0.3) is 7.82 Å². The number of aliphatic hydroxyl groups is 1. The molecule has 3 atom stereocenters. The maximum atomic E-state index is 13.0. The summed E-state index contributed by atoms with van der Waals surface area (Å²) in [7, 11) is 1.28. The fourth-order valence-corrected chi connectivity index (χ4v) is 10.2. The summed E-state index contributed by atoms with van der Waals surface area (Å²) in [5.74, 6) is -0.192. The molecule has 0 radical (unpaired) electrons. The highest BCUT2D eigenvalue weighted by atomic mass is 31.2. The van der Waals surface area contributed by atoms with Crippen molar-refractivity contribution in [1.29, 1.82) is 0 Å². The Bertz CT molecular complexity index is 1210. The van der Waals surface area contributed by atoms with Crippen molar-refractivity contribution in [3.8, 4) is 0 Å². The van der Waals surface area contributed by atoms with Crippen LogP contribution in [-0.4, -0.2) is 68.5 Å². The minimum Gasteiger partial charge on any atom is -0.756 e. The Morgan fingerprint density at radius 2 is 0.775 bits per heavy atom. The van der Waals surface area contributed by atoms with Gasteiger partial charge in [-0.15, -0.1) is 0 Å². The molecule has 0 aromatic heterocycles. The van der Waals surface area contributed by atoms with E-state index >= 15 is 0 Å². The molecule has 71 heavy (non-hydrogen) atoms. The number of amides is 1. The Kier molecular flexibility index (Phi) is 53.0. The summed E-state index contributed by atoms with van der Waals surface area (Å²) in [5.41, 5.74) is 0. The number of nitrogens with zero attached hydrogens (tertiary/aromatic N) is 1. The third-order valence-corrected chi connectivity index (χ3v) is 15.4. The lowest BCUT2D eigenvalue weighted by Crippen LogP contribution is -2.45. The van der Waals surface area contributed by atoms with Gasteiger partial charge in [-0.2, -0.15) is 0 Å². The molecule has 0 bridgehead atoms. The highest BCUT2D eigenvalue weighted by molar-refractivity contribution is 7.45. The molecular formula is C62H123N2O6P. The first-order valence-corrected chi connectivity index (χ1v) is 32.7. The fourth-order valence-electron chi connectivity index (χ4n) is 9.50. The smallest absolute Gasteiger partial charge is 0.268 e. The first-order valence-electron chi connectivity index (χ1n) is 31.2. The number of hydrogen-bond donors (Lipinski definition) is 2. The zero-order chi connectivity index (χ0) is 52.0. The molecule has 0 fully saturated rings. The zero-order valence-electron chi connectivity index (χ0n) is 48.2. The number of allylic oxidation sites excluding steroid dienone is 3. The van der Waals surface area contributed by atoms with E-state index in [9.17, 15) is 19.4 Å².